The summed E-state index contributed by atoms with van der Waals surface area (Å²) in [5, 5.41) is 0. The molecule has 0 unspecified atom stereocenters. The Morgan fingerprint density at radius 3 is 1.95 bits per heavy atom. The van der Waals surface area contributed by atoms with Crippen molar-refractivity contribution in [2.24, 2.45) is 0 Å². The molecule has 0 bridgehead atoms. The molecule has 19 heavy (non-hydrogen) atoms. The maximum Gasteiger partial charge on any atom is 0.176 e. The molecule has 0 spiro atoms. The number of rotatable bonds is 3. The Kier molecular flexibility index (Phi) is 3.07. The Balaban J connectivity index is 2.09. The number of methoxy groups -OCH3 is 1. The molecule has 0 N–H and O–H groups in total. The van der Waals surface area contributed by atoms with Gasteiger partial charge in [0.2, 0.25) is 0 Å². The zero-order valence-corrected chi connectivity index (χ0v) is 10.7. The Bertz CT molecular complexity index is 654. The minimum Gasteiger partial charge on any atom is -0.493 e. The molecule has 2 nitrogen and oxygen atoms in total. The van der Waals surface area contributed by atoms with Crippen molar-refractivity contribution < 1.29 is 9.15 Å². The zero-order chi connectivity index (χ0) is 13.1. The first kappa shape index (κ1) is 11.6. The fourth-order valence-electron chi connectivity index (χ4n) is 2.06. The van der Waals surface area contributed by atoms with Gasteiger partial charge in [-0.2, -0.15) is 0 Å². The number of benzene rings is 2. The molecule has 0 saturated heterocycles. The van der Waals surface area contributed by atoms with Gasteiger partial charge in [-0.15, -0.1) is 0 Å². The molecule has 94 valence electrons. The minimum atomic E-state index is 0.755. The average molecular weight is 250 g/mol. The molecule has 3 aromatic rings. The van der Waals surface area contributed by atoms with Crippen LogP contribution in [0, 0.1) is 0 Å². The fraction of sp³-hybridized carbons (Fsp3) is 0.0588. The number of hydrogen-bond donors (Lipinski definition) is 0. The molecule has 0 aliphatic rings. The van der Waals surface area contributed by atoms with Crippen LogP contribution in [0.4, 0.5) is 0 Å². The molecular weight excluding hydrogens is 236 g/mol. The van der Waals surface area contributed by atoms with E-state index in [1.54, 1.807) is 7.11 Å². The van der Waals surface area contributed by atoms with E-state index < -0.39 is 0 Å². The SMILES string of the molecule is COc1cc(-c2ccccc2)oc1-c1ccccc1. The second kappa shape index (κ2) is 5.02. The third-order valence-corrected chi connectivity index (χ3v) is 3.01. The molecule has 0 atom stereocenters. The van der Waals surface area contributed by atoms with Gasteiger partial charge >= 0.3 is 0 Å². The summed E-state index contributed by atoms with van der Waals surface area (Å²) in [5.74, 6) is 2.34. The van der Waals surface area contributed by atoms with Crippen LogP contribution in [0.5, 0.6) is 5.75 Å². The van der Waals surface area contributed by atoms with Gasteiger partial charge in [-0.3, -0.25) is 0 Å². The predicted molar refractivity (Wildman–Crippen MR) is 76.1 cm³/mol. The van der Waals surface area contributed by atoms with E-state index in [9.17, 15) is 0 Å². The number of ether oxygens (including phenoxy) is 1. The number of hydrogen-bond acceptors (Lipinski definition) is 2. The van der Waals surface area contributed by atoms with Crippen LogP contribution in [0.1, 0.15) is 0 Å². The lowest BCUT2D eigenvalue weighted by atomic mass is 10.1. The Morgan fingerprint density at radius 1 is 0.789 bits per heavy atom. The second-order valence-corrected chi connectivity index (χ2v) is 4.24. The summed E-state index contributed by atoms with van der Waals surface area (Å²) in [7, 11) is 1.66. The summed E-state index contributed by atoms with van der Waals surface area (Å²) in [5.41, 5.74) is 2.06. The first-order valence-electron chi connectivity index (χ1n) is 6.17. The predicted octanol–water partition coefficient (Wildman–Crippen LogP) is 4.62. The Labute approximate surface area is 112 Å². The summed E-state index contributed by atoms with van der Waals surface area (Å²) >= 11 is 0. The van der Waals surface area contributed by atoms with Gasteiger partial charge in [0.25, 0.3) is 0 Å². The van der Waals surface area contributed by atoms with Gasteiger partial charge in [-0.25, -0.2) is 0 Å². The highest BCUT2D eigenvalue weighted by Crippen LogP contribution is 2.37. The van der Waals surface area contributed by atoms with Crippen LogP contribution in [-0.2, 0) is 0 Å². The van der Waals surface area contributed by atoms with Crippen LogP contribution in [0.15, 0.2) is 71.1 Å². The van der Waals surface area contributed by atoms with Crippen molar-refractivity contribution >= 4 is 0 Å². The van der Waals surface area contributed by atoms with E-state index in [4.69, 9.17) is 9.15 Å². The lowest BCUT2D eigenvalue weighted by molar-refractivity contribution is 0.410. The molecular formula is C17H14O2. The van der Waals surface area contributed by atoms with Gasteiger partial charge in [0.15, 0.2) is 11.5 Å². The first-order chi connectivity index (χ1) is 9.38. The fourth-order valence-corrected chi connectivity index (χ4v) is 2.06. The largest absolute Gasteiger partial charge is 0.493 e. The van der Waals surface area contributed by atoms with Crippen molar-refractivity contribution in [3.63, 3.8) is 0 Å². The summed E-state index contributed by atoms with van der Waals surface area (Å²) < 4.78 is 11.4. The van der Waals surface area contributed by atoms with E-state index in [2.05, 4.69) is 0 Å². The minimum absolute atomic E-state index is 0.755. The normalized spacial score (nSPS) is 10.4. The molecule has 2 heteroatoms. The second-order valence-electron chi connectivity index (χ2n) is 4.24. The maximum atomic E-state index is 5.95. The van der Waals surface area contributed by atoms with Crippen molar-refractivity contribution in [3.8, 4) is 28.4 Å². The van der Waals surface area contributed by atoms with Crippen LogP contribution in [0.25, 0.3) is 22.6 Å². The van der Waals surface area contributed by atoms with Crippen LogP contribution in [0.3, 0.4) is 0 Å². The van der Waals surface area contributed by atoms with Crippen molar-refractivity contribution in [2.75, 3.05) is 7.11 Å². The molecule has 2 aromatic carbocycles. The highest BCUT2D eigenvalue weighted by molar-refractivity contribution is 5.71. The third kappa shape index (κ3) is 2.25. The molecule has 1 aromatic heterocycles. The molecule has 0 radical (unpaired) electrons. The molecule has 0 amide bonds. The van der Waals surface area contributed by atoms with E-state index in [0.717, 1.165) is 28.4 Å². The van der Waals surface area contributed by atoms with Crippen molar-refractivity contribution in [2.45, 2.75) is 0 Å². The summed E-state index contributed by atoms with van der Waals surface area (Å²) in [4.78, 5) is 0. The van der Waals surface area contributed by atoms with Crippen molar-refractivity contribution in [3.05, 3.63) is 66.7 Å². The monoisotopic (exact) mass is 250 g/mol. The Hall–Kier alpha value is -2.48. The van der Waals surface area contributed by atoms with Gasteiger partial charge in [-0.1, -0.05) is 60.7 Å². The average Bonchev–Trinajstić information content (AvgIpc) is 2.93. The van der Waals surface area contributed by atoms with Gasteiger partial charge in [0.05, 0.1) is 7.11 Å². The lowest BCUT2D eigenvalue weighted by Gasteiger charge is -2.00. The smallest absolute Gasteiger partial charge is 0.176 e. The molecule has 0 saturated carbocycles. The van der Waals surface area contributed by atoms with Crippen LogP contribution in [0.2, 0.25) is 0 Å². The highest BCUT2D eigenvalue weighted by atomic mass is 16.5. The summed E-state index contributed by atoms with van der Waals surface area (Å²) in [6.07, 6.45) is 0. The standard InChI is InChI=1S/C17H14O2/c1-18-16-12-15(13-8-4-2-5-9-13)19-17(16)14-10-6-3-7-11-14/h2-12H,1H3. The molecule has 0 aliphatic heterocycles. The van der Waals surface area contributed by atoms with Crippen LogP contribution < -0.4 is 4.74 Å². The van der Waals surface area contributed by atoms with E-state index in [-0.39, 0.29) is 0 Å². The van der Waals surface area contributed by atoms with Gasteiger partial charge in [-0.05, 0) is 0 Å². The van der Waals surface area contributed by atoms with Crippen LogP contribution >= 0.6 is 0 Å². The van der Waals surface area contributed by atoms with Crippen molar-refractivity contribution in [1.29, 1.82) is 0 Å². The van der Waals surface area contributed by atoms with E-state index in [0.29, 0.717) is 0 Å². The first-order valence-corrected chi connectivity index (χ1v) is 6.17. The zero-order valence-electron chi connectivity index (χ0n) is 10.7. The molecule has 0 aliphatic carbocycles. The summed E-state index contributed by atoms with van der Waals surface area (Å²) in [6, 6.07) is 21.9. The third-order valence-electron chi connectivity index (χ3n) is 3.01. The molecule has 0 fully saturated rings. The Morgan fingerprint density at radius 2 is 1.37 bits per heavy atom. The van der Waals surface area contributed by atoms with E-state index in [1.165, 1.54) is 0 Å². The number of furan rings is 1. The van der Waals surface area contributed by atoms with Crippen molar-refractivity contribution in [1.82, 2.24) is 0 Å². The quantitative estimate of drug-likeness (QED) is 0.676. The van der Waals surface area contributed by atoms with Gasteiger partial charge < -0.3 is 9.15 Å². The van der Waals surface area contributed by atoms with Gasteiger partial charge in [0.1, 0.15) is 5.76 Å². The van der Waals surface area contributed by atoms with E-state index in [1.807, 2.05) is 66.7 Å². The molecule has 3 rings (SSSR count). The lowest BCUT2D eigenvalue weighted by Crippen LogP contribution is -1.82. The van der Waals surface area contributed by atoms with Crippen LogP contribution in [-0.4, -0.2) is 7.11 Å². The maximum absolute atomic E-state index is 5.95. The highest BCUT2D eigenvalue weighted by Gasteiger charge is 2.14. The van der Waals surface area contributed by atoms with E-state index >= 15 is 0 Å². The van der Waals surface area contributed by atoms with Gasteiger partial charge in [0, 0.05) is 17.2 Å². The summed E-state index contributed by atoms with van der Waals surface area (Å²) in [6.45, 7) is 0. The molecule has 1 heterocycles. The topological polar surface area (TPSA) is 22.4 Å².